The lowest BCUT2D eigenvalue weighted by molar-refractivity contribution is -0.121. The van der Waals surface area contributed by atoms with Crippen molar-refractivity contribution in [2.24, 2.45) is 13.0 Å². The topological polar surface area (TPSA) is 59.3 Å². The molecule has 0 bridgehead atoms. The van der Waals surface area contributed by atoms with Gasteiger partial charge in [-0.3, -0.25) is 19.2 Å². The number of nitrogens with zero attached hydrogens (tertiary/aromatic N) is 3. The molecule has 29 heavy (non-hydrogen) atoms. The highest BCUT2D eigenvalue weighted by Gasteiger charge is 2.26. The number of benzene rings is 1. The second-order valence-electron chi connectivity index (χ2n) is 8.66. The highest BCUT2D eigenvalue weighted by atomic mass is 16.1. The number of piperidine rings is 1. The Morgan fingerprint density at radius 1 is 1.17 bits per heavy atom. The molecule has 1 saturated heterocycles. The fourth-order valence-electron chi connectivity index (χ4n) is 4.42. The van der Waals surface area contributed by atoms with Crippen molar-refractivity contribution in [3.8, 4) is 5.69 Å². The Morgan fingerprint density at radius 3 is 2.66 bits per heavy atom. The van der Waals surface area contributed by atoms with Gasteiger partial charge in [0.1, 0.15) is 0 Å². The number of hydrogen-bond donors (Lipinski definition) is 1. The van der Waals surface area contributed by atoms with Gasteiger partial charge in [-0.2, -0.15) is 0 Å². The number of nitrogens with one attached hydrogen (secondary N) is 1. The minimum Gasteiger partial charge on any atom is -0.353 e. The number of carbonyl (C=O) groups is 1. The van der Waals surface area contributed by atoms with E-state index in [1.807, 2.05) is 49.0 Å². The molecule has 1 aliphatic carbocycles. The third-order valence-corrected chi connectivity index (χ3v) is 6.38. The van der Waals surface area contributed by atoms with Crippen LogP contribution in [0.15, 0.2) is 35.1 Å². The lowest BCUT2D eigenvalue weighted by atomic mass is 9.93. The molecule has 2 heterocycles. The Bertz CT molecular complexity index is 911. The summed E-state index contributed by atoms with van der Waals surface area (Å²) in [6.07, 6.45) is 6.15. The predicted octanol–water partition coefficient (Wildman–Crippen LogP) is 2.76. The largest absolute Gasteiger partial charge is 0.353 e. The summed E-state index contributed by atoms with van der Waals surface area (Å²) in [4.78, 5) is 27.5. The van der Waals surface area contributed by atoms with Crippen molar-refractivity contribution in [2.75, 3.05) is 13.1 Å². The third kappa shape index (κ3) is 4.64. The lowest BCUT2D eigenvalue weighted by Crippen LogP contribution is -2.37. The van der Waals surface area contributed by atoms with E-state index < -0.39 is 0 Å². The molecule has 1 N–H and O–H groups in total. The average Bonchev–Trinajstić information content (AvgIpc) is 3.51. The fourth-order valence-corrected chi connectivity index (χ4v) is 4.42. The fraction of sp³-hybridized carbons (Fsp3) is 0.565. The molecule has 4 rings (SSSR count). The van der Waals surface area contributed by atoms with E-state index in [1.165, 1.54) is 6.42 Å². The van der Waals surface area contributed by atoms with Gasteiger partial charge in [0.15, 0.2) is 0 Å². The van der Waals surface area contributed by atoms with Crippen LogP contribution in [0.3, 0.4) is 0 Å². The van der Waals surface area contributed by atoms with Crippen LogP contribution in [0.1, 0.15) is 49.8 Å². The number of para-hydroxylation sites is 1. The van der Waals surface area contributed by atoms with Crippen LogP contribution < -0.4 is 10.9 Å². The van der Waals surface area contributed by atoms with Crippen LogP contribution in [0.2, 0.25) is 0 Å². The van der Waals surface area contributed by atoms with Crippen LogP contribution in [-0.2, 0) is 18.4 Å². The molecule has 1 atom stereocenters. The van der Waals surface area contributed by atoms with Crippen LogP contribution in [0.25, 0.3) is 5.69 Å². The number of rotatable bonds is 7. The third-order valence-electron chi connectivity index (χ3n) is 6.38. The summed E-state index contributed by atoms with van der Waals surface area (Å²) in [7, 11) is 1.95. The Labute approximate surface area is 172 Å². The lowest BCUT2D eigenvalue weighted by Gasteiger charge is -2.32. The summed E-state index contributed by atoms with van der Waals surface area (Å²) in [5, 5.41) is 3.08. The van der Waals surface area contributed by atoms with Gasteiger partial charge in [-0.25, -0.2) is 4.68 Å². The molecule has 2 fully saturated rings. The first kappa shape index (κ1) is 20.0. The Kier molecular flexibility index (Phi) is 5.90. The average molecular weight is 397 g/mol. The minimum absolute atomic E-state index is 0.0714. The van der Waals surface area contributed by atoms with Gasteiger partial charge in [-0.1, -0.05) is 18.2 Å². The van der Waals surface area contributed by atoms with Crippen LogP contribution in [0.5, 0.6) is 0 Å². The SMILES string of the molecule is Cc1c(CN2CCC[C@@H](CCC(=O)NC3CC3)C2)c(=O)n(-c2ccccc2)n1C. The molecule has 2 aliphatic rings. The summed E-state index contributed by atoms with van der Waals surface area (Å²) in [6, 6.07) is 10.3. The molecule has 6 nitrogen and oxygen atoms in total. The number of aromatic nitrogens is 2. The van der Waals surface area contributed by atoms with Crippen molar-refractivity contribution >= 4 is 5.91 Å². The molecule has 0 unspecified atom stereocenters. The molecule has 0 radical (unpaired) electrons. The van der Waals surface area contributed by atoms with Crippen LogP contribution in [0.4, 0.5) is 0 Å². The summed E-state index contributed by atoms with van der Waals surface area (Å²) in [5.74, 6) is 0.739. The van der Waals surface area contributed by atoms with Crippen molar-refractivity contribution in [2.45, 2.75) is 58.0 Å². The number of likely N-dealkylation sites (tertiary alicyclic amines) is 1. The van der Waals surface area contributed by atoms with Crippen LogP contribution in [-0.4, -0.2) is 39.3 Å². The highest BCUT2D eigenvalue weighted by Crippen LogP contribution is 2.24. The molecular weight excluding hydrogens is 364 g/mol. The van der Waals surface area contributed by atoms with Gasteiger partial charge >= 0.3 is 0 Å². The van der Waals surface area contributed by atoms with E-state index in [1.54, 1.807) is 4.68 Å². The van der Waals surface area contributed by atoms with Crippen LogP contribution in [0, 0.1) is 12.8 Å². The van der Waals surface area contributed by atoms with Crippen LogP contribution >= 0.6 is 0 Å². The molecule has 1 aliphatic heterocycles. The van der Waals surface area contributed by atoms with E-state index in [4.69, 9.17) is 0 Å². The zero-order chi connectivity index (χ0) is 20.4. The van der Waals surface area contributed by atoms with Crippen molar-refractivity contribution in [3.05, 3.63) is 51.9 Å². The van der Waals surface area contributed by atoms with E-state index in [0.29, 0.717) is 24.9 Å². The van der Waals surface area contributed by atoms with E-state index in [-0.39, 0.29) is 11.5 Å². The first-order valence-corrected chi connectivity index (χ1v) is 10.9. The first-order chi connectivity index (χ1) is 14.0. The molecule has 1 aromatic heterocycles. The molecule has 2 aromatic rings. The molecule has 1 amide bonds. The number of carbonyl (C=O) groups excluding carboxylic acids is 1. The van der Waals surface area contributed by atoms with Crippen molar-refractivity contribution in [1.29, 1.82) is 0 Å². The molecule has 6 heteroatoms. The van der Waals surface area contributed by atoms with Gasteiger partial charge in [0.05, 0.1) is 11.3 Å². The van der Waals surface area contributed by atoms with Crippen molar-refractivity contribution in [3.63, 3.8) is 0 Å². The summed E-state index contributed by atoms with van der Waals surface area (Å²) in [5.41, 5.74) is 2.86. The summed E-state index contributed by atoms with van der Waals surface area (Å²) >= 11 is 0. The standard InChI is InChI=1S/C23H32N4O2/c1-17-21(23(29)27(25(17)2)20-8-4-3-5-9-20)16-26-14-6-7-18(15-26)10-13-22(28)24-19-11-12-19/h3-5,8-9,18-19H,6-7,10-16H2,1-2H3,(H,24,28)/t18-/m0/s1. The van der Waals surface area contributed by atoms with Gasteiger partial charge in [0, 0.05) is 38.3 Å². The molecule has 1 saturated carbocycles. The Morgan fingerprint density at radius 2 is 1.93 bits per heavy atom. The van der Waals surface area contributed by atoms with Gasteiger partial charge in [0.2, 0.25) is 5.91 Å². The molecule has 0 spiro atoms. The monoisotopic (exact) mass is 396 g/mol. The zero-order valence-corrected chi connectivity index (χ0v) is 17.6. The van der Waals surface area contributed by atoms with Gasteiger partial charge in [0.25, 0.3) is 5.56 Å². The maximum absolute atomic E-state index is 13.2. The summed E-state index contributed by atoms with van der Waals surface area (Å²) in [6.45, 7) is 4.70. The smallest absolute Gasteiger partial charge is 0.276 e. The highest BCUT2D eigenvalue weighted by molar-refractivity contribution is 5.76. The Balaban J connectivity index is 1.41. The number of amides is 1. The van der Waals surface area contributed by atoms with E-state index in [9.17, 15) is 9.59 Å². The van der Waals surface area contributed by atoms with Crippen molar-refractivity contribution < 1.29 is 4.79 Å². The maximum Gasteiger partial charge on any atom is 0.276 e. The maximum atomic E-state index is 13.2. The minimum atomic E-state index is 0.0714. The van der Waals surface area contributed by atoms with Gasteiger partial charge in [-0.15, -0.1) is 0 Å². The van der Waals surface area contributed by atoms with Gasteiger partial charge in [-0.05, 0) is 63.6 Å². The predicted molar refractivity (Wildman–Crippen MR) is 114 cm³/mol. The second-order valence-corrected chi connectivity index (χ2v) is 8.66. The zero-order valence-electron chi connectivity index (χ0n) is 17.6. The van der Waals surface area contributed by atoms with E-state index >= 15 is 0 Å². The molecule has 156 valence electrons. The Hall–Kier alpha value is -2.34. The number of hydrogen-bond acceptors (Lipinski definition) is 3. The van der Waals surface area contributed by atoms with Crippen molar-refractivity contribution in [1.82, 2.24) is 19.6 Å². The molecule has 1 aromatic carbocycles. The second kappa shape index (κ2) is 8.57. The van der Waals surface area contributed by atoms with E-state index in [0.717, 1.165) is 55.7 Å². The van der Waals surface area contributed by atoms with Gasteiger partial charge < -0.3 is 5.32 Å². The van der Waals surface area contributed by atoms with E-state index in [2.05, 4.69) is 10.2 Å². The molecular formula is C23H32N4O2. The normalized spacial score (nSPS) is 20.0. The quantitative estimate of drug-likeness (QED) is 0.783. The first-order valence-electron chi connectivity index (χ1n) is 10.9. The summed E-state index contributed by atoms with van der Waals surface area (Å²) < 4.78 is 3.71.